The lowest BCUT2D eigenvalue weighted by molar-refractivity contribution is -0.117. The molecular weight excluding hydrogens is 466 g/mol. The van der Waals surface area contributed by atoms with Crippen molar-refractivity contribution >= 4 is 33.2 Å². The number of sulfonamides is 1. The second-order valence-electron chi connectivity index (χ2n) is 8.19. The smallest absolute Gasteiger partial charge is 0.243 e. The fourth-order valence-electron chi connectivity index (χ4n) is 3.79. The number of benzene rings is 2. The second kappa shape index (κ2) is 10.4. The third kappa shape index (κ3) is 6.04. The summed E-state index contributed by atoms with van der Waals surface area (Å²) >= 11 is 6.28. The van der Waals surface area contributed by atoms with Crippen LogP contribution in [0, 0.1) is 0 Å². The maximum Gasteiger partial charge on any atom is 0.243 e. The number of ether oxygens (including phenoxy) is 2. The first-order chi connectivity index (χ1) is 15.9. The average Bonchev–Trinajstić information content (AvgIpc) is 3.66. The molecule has 1 aliphatic heterocycles. The Morgan fingerprint density at radius 2 is 1.88 bits per heavy atom. The van der Waals surface area contributed by atoms with Crippen LogP contribution in [0.3, 0.4) is 0 Å². The molecule has 0 unspecified atom stereocenters. The summed E-state index contributed by atoms with van der Waals surface area (Å²) in [6.07, 6.45) is 2.11. The van der Waals surface area contributed by atoms with Gasteiger partial charge in [-0.15, -0.1) is 0 Å². The van der Waals surface area contributed by atoms with Crippen molar-refractivity contribution in [1.29, 1.82) is 0 Å². The van der Waals surface area contributed by atoms with Crippen LogP contribution in [-0.2, 0) is 26.1 Å². The van der Waals surface area contributed by atoms with Crippen molar-refractivity contribution in [1.82, 2.24) is 9.21 Å². The van der Waals surface area contributed by atoms with E-state index in [-0.39, 0.29) is 28.1 Å². The summed E-state index contributed by atoms with van der Waals surface area (Å²) in [6.45, 7) is 2.15. The highest BCUT2D eigenvalue weighted by molar-refractivity contribution is 7.89. The van der Waals surface area contributed by atoms with Crippen molar-refractivity contribution < 1.29 is 22.7 Å². The van der Waals surface area contributed by atoms with E-state index in [1.165, 1.54) is 22.5 Å². The van der Waals surface area contributed by atoms with E-state index < -0.39 is 10.0 Å². The number of hydrogen-bond donors (Lipinski definition) is 1. The van der Waals surface area contributed by atoms with Crippen molar-refractivity contribution in [2.45, 2.75) is 30.3 Å². The molecule has 1 saturated carbocycles. The van der Waals surface area contributed by atoms with Crippen LogP contribution in [0.1, 0.15) is 18.4 Å². The fourth-order valence-corrected chi connectivity index (χ4v) is 5.39. The van der Waals surface area contributed by atoms with Gasteiger partial charge in [-0.2, -0.15) is 4.31 Å². The zero-order chi connectivity index (χ0) is 23.4. The molecule has 4 rings (SSSR count). The molecule has 33 heavy (non-hydrogen) atoms. The monoisotopic (exact) mass is 493 g/mol. The normalized spacial score (nSPS) is 17.2. The summed E-state index contributed by atoms with van der Waals surface area (Å²) in [7, 11) is -2.06. The van der Waals surface area contributed by atoms with Crippen molar-refractivity contribution in [3.8, 4) is 5.75 Å². The first-order valence-electron chi connectivity index (χ1n) is 10.9. The second-order valence-corrected chi connectivity index (χ2v) is 10.5. The molecule has 0 atom stereocenters. The summed E-state index contributed by atoms with van der Waals surface area (Å²) in [6, 6.07) is 12.5. The highest BCUT2D eigenvalue weighted by atomic mass is 35.5. The Hall–Kier alpha value is -2.17. The molecule has 2 aliphatic rings. The molecule has 1 N–H and O–H groups in total. The predicted octanol–water partition coefficient (Wildman–Crippen LogP) is 2.97. The minimum absolute atomic E-state index is 0.0985. The van der Waals surface area contributed by atoms with E-state index in [0.717, 1.165) is 24.2 Å². The van der Waals surface area contributed by atoms with E-state index in [9.17, 15) is 13.2 Å². The van der Waals surface area contributed by atoms with Gasteiger partial charge in [-0.3, -0.25) is 9.69 Å². The van der Waals surface area contributed by atoms with Gasteiger partial charge >= 0.3 is 0 Å². The molecule has 2 fully saturated rings. The molecule has 10 heteroatoms. The summed E-state index contributed by atoms with van der Waals surface area (Å²) in [4.78, 5) is 15.1. The first-order valence-corrected chi connectivity index (χ1v) is 12.7. The average molecular weight is 494 g/mol. The number of anilines is 1. The number of amides is 1. The molecule has 178 valence electrons. The van der Waals surface area contributed by atoms with E-state index >= 15 is 0 Å². The third-order valence-corrected chi connectivity index (χ3v) is 8.00. The fraction of sp³-hybridized carbons (Fsp3) is 0.435. The minimum Gasteiger partial charge on any atom is -0.497 e. The maximum absolute atomic E-state index is 13.0. The Labute approximate surface area is 199 Å². The number of hydrogen-bond acceptors (Lipinski definition) is 6. The van der Waals surface area contributed by atoms with E-state index in [4.69, 9.17) is 21.1 Å². The summed E-state index contributed by atoms with van der Waals surface area (Å²) in [5.74, 6) is 0.550. The van der Waals surface area contributed by atoms with Crippen molar-refractivity contribution in [3.05, 3.63) is 53.1 Å². The van der Waals surface area contributed by atoms with Crippen LogP contribution in [0.4, 0.5) is 5.69 Å². The molecule has 0 spiro atoms. The predicted molar refractivity (Wildman–Crippen MR) is 126 cm³/mol. The Bertz CT molecular complexity index is 1080. The highest BCUT2D eigenvalue weighted by Crippen LogP contribution is 2.30. The van der Waals surface area contributed by atoms with Gasteiger partial charge in [0.25, 0.3) is 0 Å². The van der Waals surface area contributed by atoms with Gasteiger partial charge in [0.15, 0.2) is 0 Å². The number of nitrogens with one attached hydrogen (secondary N) is 1. The number of carbonyl (C=O) groups excluding carboxylic acids is 1. The molecule has 0 aromatic heterocycles. The van der Waals surface area contributed by atoms with Gasteiger partial charge in [0.1, 0.15) is 5.75 Å². The lowest BCUT2D eigenvalue weighted by Crippen LogP contribution is -2.40. The lowest BCUT2D eigenvalue weighted by atomic mass is 10.2. The first kappa shape index (κ1) is 24.0. The van der Waals surface area contributed by atoms with Gasteiger partial charge in [0, 0.05) is 25.7 Å². The van der Waals surface area contributed by atoms with Gasteiger partial charge < -0.3 is 14.8 Å². The largest absolute Gasteiger partial charge is 0.497 e. The van der Waals surface area contributed by atoms with Crippen LogP contribution in [0.2, 0.25) is 5.02 Å². The minimum atomic E-state index is -3.69. The molecule has 2 aromatic carbocycles. The standard InChI is InChI=1S/C23H28ClN3O5S/c1-31-19-6-2-17(3-7-19)15-26(18-4-5-18)16-23(28)25-22-14-20(8-9-21(22)24)33(29,30)27-10-12-32-13-11-27/h2-3,6-9,14,18H,4-5,10-13,15-16H2,1H3,(H,25,28). The van der Waals surface area contributed by atoms with Gasteiger partial charge in [-0.05, 0) is 48.7 Å². The molecule has 1 amide bonds. The number of nitrogens with zero attached hydrogens (tertiary/aromatic N) is 2. The highest BCUT2D eigenvalue weighted by Gasteiger charge is 2.31. The molecule has 0 bridgehead atoms. The number of methoxy groups -OCH3 is 1. The number of morpholine rings is 1. The van der Waals surface area contributed by atoms with Crippen LogP contribution < -0.4 is 10.1 Å². The van der Waals surface area contributed by atoms with Crippen molar-refractivity contribution in [2.75, 3.05) is 45.3 Å². The van der Waals surface area contributed by atoms with Crippen LogP contribution in [0.5, 0.6) is 5.75 Å². The Kier molecular flexibility index (Phi) is 7.55. The van der Waals surface area contributed by atoms with Gasteiger partial charge in [-0.25, -0.2) is 8.42 Å². The van der Waals surface area contributed by atoms with E-state index in [0.29, 0.717) is 38.9 Å². The van der Waals surface area contributed by atoms with E-state index in [2.05, 4.69) is 10.2 Å². The van der Waals surface area contributed by atoms with Crippen LogP contribution >= 0.6 is 11.6 Å². The van der Waals surface area contributed by atoms with E-state index in [1.807, 2.05) is 24.3 Å². The van der Waals surface area contributed by atoms with E-state index in [1.54, 1.807) is 7.11 Å². The van der Waals surface area contributed by atoms with Crippen molar-refractivity contribution in [3.63, 3.8) is 0 Å². The van der Waals surface area contributed by atoms with Crippen LogP contribution in [0.25, 0.3) is 0 Å². The molecule has 0 radical (unpaired) electrons. The summed E-state index contributed by atoms with van der Waals surface area (Å²) < 4.78 is 37.8. The molecule has 1 saturated heterocycles. The molecule has 2 aromatic rings. The van der Waals surface area contributed by atoms with Crippen LogP contribution in [0.15, 0.2) is 47.4 Å². The molecule has 1 heterocycles. The van der Waals surface area contributed by atoms with Gasteiger partial charge in [0.05, 0.1) is 42.5 Å². The Morgan fingerprint density at radius 1 is 1.18 bits per heavy atom. The quantitative estimate of drug-likeness (QED) is 0.577. The molecular formula is C23H28ClN3O5S. The third-order valence-electron chi connectivity index (χ3n) is 5.77. The van der Waals surface area contributed by atoms with Gasteiger partial charge in [0.2, 0.25) is 15.9 Å². The van der Waals surface area contributed by atoms with Gasteiger partial charge in [-0.1, -0.05) is 23.7 Å². The Balaban J connectivity index is 1.44. The Morgan fingerprint density at radius 3 is 2.52 bits per heavy atom. The number of carbonyl (C=O) groups is 1. The SMILES string of the molecule is COc1ccc(CN(CC(=O)Nc2cc(S(=O)(=O)N3CCOCC3)ccc2Cl)C2CC2)cc1. The summed E-state index contributed by atoms with van der Waals surface area (Å²) in [5.41, 5.74) is 1.38. The topological polar surface area (TPSA) is 88.2 Å². The number of halogens is 1. The zero-order valence-corrected chi connectivity index (χ0v) is 20.1. The number of rotatable bonds is 9. The van der Waals surface area contributed by atoms with Crippen LogP contribution in [-0.4, -0.2) is 69.5 Å². The molecule has 8 nitrogen and oxygen atoms in total. The molecule has 1 aliphatic carbocycles. The van der Waals surface area contributed by atoms with Crippen molar-refractivity contribution in [2.24, 2.45) is 0 Å². The maximum atomic E-state index is 13.0. The zero-order valence-electron chi connectivity index (χ0n) is 18.5. The lowest BCUT2D eigenvalue weighted by Gasteiger charge is -2.26. The summed E-state index contributed by atoms with van der Waals surface area (Å²) in [5, 5.41) is 3.09.